The lowest BCUT2D eigenvalue weighted by molar-refractivity contribution is -0.122. The average Bonchev–Trinajstić information content (AvgIpc) is 2.48. The SMILES string of the molecule is CC1(CNC(=O)[C@H](N)Cc2ccc(O)cc2)CCCCC1. The molecule has 0 radical (unpaired) electrons. The fourth-order valence-electron chi connectivity index (χ4n) is 2.99. The van der Waals surface area contributed by atoms with Gasteiger partial charge >= 0.3 is 0 Å². The van der Waals surface area contributed by atoms with Gasteiger partial charge in [0.05, 0.1) is 6.04 Å². The van der Waals surface area contributed by atoms with Crippen molar-refractivity contribution in [2.45, 2.75) is 51.5 Å². The number of nitrogens with two attached hydrogens (primary N) is 1. The number of amides is 1. The molecule has 4 nitrogen and oxygen atoms in total. The first-order valence-corrected chi connectivity index (χ1v) is 7.80. The molecule has 21 heavy (non-hydrogen) atoms. The lowest BCUT2D eigenvalue weighted by Crippen LogP contribution is -2.46. The Hall–Kier alpha value is -1.55. The number of phenolic OH excluding ortho intramolecular Hbond substituents is 1. The highest BCUT2D eigenvalue weighted by Crippen LogP contribution is 2.34. The Morgan fingerprint density at radius 1 is 1.29 bits per heavy atom. The number of carbonyl (C=O) groups is 1. The number of rotatable bonds is 5. The number of hydrogen-bond donors (Lipinski definition) is 3. The van der Waals surface area contributed by atoms with Crippen molar-refractivity contribution in [1.29, 1.82) is 0 Å². The van der Waals surface area contributed by atoms with Crippen molar-refractivity contribution in [3.63, 3.8) is 0 Å². The molecule has 1 amide bonds. The van der Waals surface area contributed by atoms with Crippen LogP contribution >= 0.6 is 0 Å². The van der Waals surface area contributed by atoms with Gasteiger partial charge in [0.1, 0.15) is 5.75 Å². The molecule has 0 aliphatic heterocycles. The molecule has 1 atom stereocenters. The van der Waals surface area contributed by atoms with Gasteiger partial charge in [0.2, 0.25) is 5.91 Å². The maximum atomic E-state index is 12.1. The first-order valence-electron chi connectivity index (χ1n) is 7.80. The van der Waals surface area contributed by atoms with Gasteiger partial charge in [0.15, 0.2) is 0 Å². The maximum absolute atomic E-state index is 12.1. The van der Waals surface area contributed by atoms with E-state index in [0.717, 1.165) is 12.1 Å². The Balaban J connectivity index is 1.80. The second-order valence-corrected chi connectivity index (χ2v) is 6.57. The summed E-state index contributed by atoms with van der Waals surface area (Å²) >= 11 is 0. The molecule has 0 saturated heterocycles. The van der Waals surface area contributed by atoms with Crippen LogP contribution in [0, 0.1) is 5.41 Å². The van der Waals surface area contributed by atoms with Gasteiger partial charge in [-0.2, -0.15) is 0 Å². The summed E-state index contributed by atoms with van der Waals surface area (Å²) in [5, 5.41) is 12.3. The van der Waals surface area contributed by atoms with E-state index >= 15 is 0 Å². The van der Waals surface area contributed by atoms with E-state index in [1.165, 1.54) is 32.1 Å². The van der Waals surface area contributed by atoms with E-state index in [1.807, 2.05) is 0 Å². The molecular formula is C17H26N2O2. The van der Waals surface area contributed by atoms with Crippen LogP contribution in [0.2, 0.25) is 0 Å². The minimum absolute atomic E-state index is 0.0881. The van der Waals surface area contributed by atoms with Crippen molar-refractivity contribution in [3.8, 4) is 5.75 Å². The molecule has 1 fully saturated rings. The Bertz CT molecular complexity index is 464. The summed E-state index contributed by atoms with van der Waals surface area (Å²) in [7, 11) is 0. The largest absolute Gasteiger partial charge is 0.508 e. The van der Waals surface area contributed by atoms with E-state index in [9.17, 15) is 9.90 Å². The minimum Gasteiger partial charge on any atom is -0.508 e. The zero-order chi connectivity index (χ0) is 15.3. The van der Waals surface area contributed by atoms with Crippen molar-refractivity contribution in [2.75, 3.05) is 6.54 Å². The smallest absolute Gasteiger partial charge is 0.237 e. The number of carbonyl (C=O) groups excluding carboxylic acids is 1. The maximum Gasteiger partial charge on any atom is 0.237 e. The van der Waals surface area contributed by atoms with Crippen LogP contribution in [0.15, 0.2) is 24.3 Å². The summed E-state index contributed by atoms with van der Waals surface area (Å²) in [6.07, 6.45) is 6.67. The molecule has 1 aliphatic carbocycles. The normalized spacial score (nSPS) is 19.0. The van der Waals surface area contributed by atoms with E-state index in [0.29, 0.717) is 6.42 Å². The molecule has 116 valence electrons. The number of hydrogen-bond acceptors (Lipinski definition) is 3. The highest BCUT2D eigenvalue weighted by molar-refractivity contribution is 5.81. The number of nitrogens with one attached hydrogen (secondary N) is 1. The topological polar surface area (TPSA) is 75.4 Å². The predicted molar refractivity (Wildman–Crippen MR) is 84.0 cm³/mol. The molecule has 0 heterocycles. The fourth-order valence-corrected chi connectivity index (χ4v) is 2.99. The van der Waals surface area contributed by atoms with Gasteiger partial charge in [-0.3, -0.25) is 4.79 Å². The van der Waals surface area contributed by atoms with Crippen LogP contribution < -0.4 is 11.1 Å². The summed E-state index contributed by atoms with van der Waals surface area (Å²) < 4.78 is 0. The Morgan fingerprint density at radius 2 is 1.90 bits per heavy atom. The van der Waals surface area contributed by atoms with Crippen LogP contribution in [0.5, 0.6) is 5.75 Å². The van der Waals surface area contributed by atoms with Crippen LogP contribution in [0.1, 0.15) is 44.6 Å². The third-order valence-electron chi connectivity index (χ3n) is 4.48. The second-order valence-electron chi connectivity index (χ2n) is 6.57. The number of benzene rings is 1. The van der Waals surface area contributed by atoms with Crippen LogP contribution in [-0.2, 0) is 11.2 Å². The van der Waals surface area contributed by atoms with E-state index in [1.54, 1.807) is 24.3 Å². The summed E-state index contributed by atoms with van der Waals surface area (Å²) in [6.45, 7) is 2.97. The van der Waals surface area contributed by atoms with E-state index in [2.05, 4.69) is 12.2 Å². The third kappa shape index (κ3) is 4.74. The lowest BCUT2D eigenvalue weighted by atomic mass is 9.75. The first-order chi connectivity index (χ1) is 9.98. The van der Waals surface area contributed by atoms with Gasteiger partial charge in [0, 0.05) is 6.54 Å². The first kappa shape index (κ1) is 15.8. The van der Waals surface area contributed by atoms with Crippen molar-refractivity contribution >= 4 is 5.91 Å². The quantitative estimate of drug-likeness (QED) is 0.779. The lowest BCUT2D eigenvalue weighted by Gasteiger charge is -2.34. The third-order valence-corrected chi connectivity index (χ3v) is 4.48. The van der Waals surface area contributed by atoms with Gasteiger partial charge in [-0.1, -0.05) is 38.3 Å². The molecule has 1 saturated carbocycles. The highest BCUT2D eigenvalue weighted by atomic mass is 16.3. The monoisotopic (exact) mass is 290 g/mol. The number of aromatic hydroxyl groups is 1. The standard InChI is InChI=1S/C17H26N2O2/c1-17(9-3-2-4-10-17)12-19-16(21)15(18)11-13-5-7-14(20)8-6-13/h5-8,15,20H,2-4,9-12,18H2,1H3,(H,19,21)/t15-/m1/s1. The van der Waals surface area contributed by atoms with E-state index < -0.39 is 6.04 Å². The molecule has 0 aromatic heterocycles. The Morgan fingerprint density at radius 3 is 2.52 bits per heavy atom. The van der Waals surface area contributed by atoms with Gasteiger partial charge < -0.3 is 16.2 Å². The molecular weight excluding hydrogens is 264 g/mol. The van der Waals surface area contributed by atoms with Gasteiger partial charge in [-0.25, -0.2) is 0 Å². The van der Waals surface area contributed by atoms with Crippen LogP contribution in [-0.4, -0.2) is 23.6 Å². The Labute approximate surface area is 126 Å². The van der Waals surface area contributed by atoms with E-state index in [-0.39, 0.29) is 17.1 Å². The van der Waals surface area contributed by atoms with E-state index in [4.69, 9.17) is 5.73 Å². The average molecular weight is 290 g/mol. The van der Waals surface area contributed by atoms with Crippen LogP contribution in [0.3, 0.4) is 0 Å². The molecule has 0 bridgehead atoms. The second kappa shape index (κ2) is 6.94. The summed E-state index contributed by atoms with van der Waals surface area (Å²) in [5.74, 6) is 0.136. The Kier molecular flexibility index (Phi) is 5.23. The zero-order valence-electron chi connectivity index (χ0n) is 12.8. The van der Waals surface area contributed by atoms with Crippen molar-refractivity contribution in [3.05, 3.63) is 29.8 Å². The molecule has 2 rings (SSSR count). The molecule has 0 unspecified atom stereocenters. The predicted octanol–water partition coefficient (Wildman–Crippen LogP) is 2.35. The van der Waals surface area contributed by atoms with Gasteiger partial charge in [-0.05, 0) is 42.4 Å². The van der Waals surface area contributed by atoms with Crippen molar-refractivity contribution < 1.29 is 9.90 Å². The summed E-state index contributed by atoms with van der Waals surface area (Å²) in [6, 6.07) is 6.28. The molecule has 4 N–H and O–H groups in total. The zero-order valence-corrected chi connectivity index (χ0v) is 12.8. The van der Waals surface area contributed by atoms with Crippen LogP contribution in [0.25, 0.3) is 0 Å². The summed E-state index contributed by atoms with van der Waals surface area (Å²) in [5.41, 5.74) is 7.16. The fraction of sp³-hybridized carbons (Fsp3) is 0.588. The van der Waals surface area contributed by atoms with Crippen LogP contribution in [0.4, 0.5) is 0 Å². The molecule has 1 aromatic carbocycles. The molecule has 0 spiro atoms. The number of phenols is 1. The molecule has 1 aromatic rings. The molecule has 4 heteroatoms. The minimum atomic E-state index is -0.540. The van der Waals surface area contributed by atoms with Gasteiger partial charge in [0.25, 0.3) is 0 Å². The van der Waals surface area contributed by atoms with Crippen molar-refractivity contribution in [2.24, 2.45) is 11.1 Å². The highest BCUT2D eigenvalue weighted by Gasteiger charge is 2.27. The van der Waals surface area contributed by atoms with Crippen molar-refractivity contribution in [1.82, 2.24) is 5.32 Å². The summed E-state index contributed by atoms with van der Waals surface area (Å²) in [4.78, 5) is 12.1. The van der Waals surface area contributed by atoms with Gasteiger partial charge in [-0.15, -0.1) is 0 Å². The molecule has 1 aliphatic rings.